The minimum absolute atomic E-state index is 0.396. The zero-order chi connectivity index (χ0) is 17.8. The predicted octanol–water partition coefficient (Wildman–Crippen LogP) is 5.96. The molecule has 2 aromatic rings. The second-order valence-corrected chi connectivity index (χ2v) is 7.87. The quantitative estimate of drug-likeness (QED) is 0.614. The molecule has 0 aliphatic heterocycles. The lowest BCUT2D eigenvalue weighted by Crippen LogP contribution is -2.18. The number of hydrogen-bond donors (Lipinski definition) is 0. The molecule has 3 rings (SSSR count). The third kappa shape index (κ3) is 4.23. The predicted molar refractivity (Wildman–Crippen MR) is 104 cm³/mol. The Morgan fingerprint density at radius 1 is 1.24 bits per heavy atom. The summed E-state index contributed by atoms with van der Waals surface area (Å²) in [6.07, 6.45) is 4.46. The van der Waals surface area contributed by atoms with Crippen molar-refractivity contribution in [1.29, 1.82) is 5.26 Å². The molecule has 1 heterocycles. The summed E-state index contributed by atoms with van der Waals surface area (Å²) in [4.78, 5) is 4.85. The largest absolute Gasteiger partial charge is 0.384 e. The van der Waals surface area contributed by atoms with Crippen molar-refractivity contribution in [2.24, 2.45) is 5.92 Å². The molecule has 1 fully saturated rings. The first-order valence-electron chi connectivity index (χ1n) is 8.47. The zero-order valence-corrected chi connectivity index (χ0v) is 16.5. The lowest BCUT2D eigenvalue weighted by atomic mass is 9.80. The number of rotatable bonds is 4. The number of nitrogens with zero attached hydrogens (tertiary/aromatic N) is 2. The number of halogens is 2. The van der Waals surface area contributed by atoms with Gasteiger partial charge in [-0.15, -0.1) is 0 Å². The fraction of sp³-hybridized carbons (Fsp3) is 0.400. The van der Waals surface area contributed by atoms with Gasteiger partial charge in [0.25, 0.3) is 0 Å². The molecule has 0 saturated heterocycles. The number of nitriles is 1. The van der Waals surface area contributed by atoms with Gasteiger partial charge in [-0.05, 0) is 49.8 Å². The Balaban J connectivity index is 1.92. The van der Waals surface area contributed by atoms with Crippen LogP contribution in [0.3, 0.4) is 0 Å². The molecular formula is C20H20BrClN2O. The molecule has 1 aliphatic carbocycles. The summed E-state index contributed by atoms with van der Waals surface area (Å²) in [6.45, 7) is 0.832. The second-order valence-electron chi connectivity index (χ2n) is 6.54. The minimum Gasteiger partial charge on any atom is -0.384 e. The number of benzene rings is 1. The molecule has 0 bridgehead atoms. The molecule has 0 unspecified atom stereocenters. The van der Waals surface area contributed by atoms with Crippen LogP contribution >= 0.6 is 27.5 Å². The van der Waals surface area contributed by atoms with Gasteiger partial charge in [-0.2, -0.15) is 5.26 Å². The molecule has 0 N–H and O–H groups in total. The van der Waals surface area contributed by atoms with E-state index in [1.807, 2.05) is 30.3 Å². The molecule has 1 saturated carbocycles. The van der Waals surface area contributed by atoms with Gasteiger partial charge < -0.3 is 4.74 Å². The van der Waals surface area contributed by atoms with E-state index in [0.717, 1.165) is 48.0 Å². The maximum Gasteiger partial charge on any atom is 0.103 e. The van der Waals surface area contributed by atoms with Crippen LogP contribution in [0.15, 0.2) is 34.8 Å². The molecule has 3 nitrogen and oxygen atoms in total. The SMILES string of the molecule is COCC1CCC(c2cc(Cl)c(C#N)c(-c3ccc(Br)cc3)n2)CC1. The molecule has 1 aromatic carbocycles. The molecule has 0 radical (unpaired) electrons. The van der Waals surface area contributed by atoms with Gasteiger partial charge in [-0.3, -0.25) is 4.98 Å². The van der Waals surface area contributed by atoms with Crippen LogP contribution < -0.4 is 0 Å². The Morgan fingerprint density at radius 3 is 2.52 bits per heavy atom. The van der Waals surface area contributed by atoms with Crippen molar-refractivity contribution in [3.8, 4) is 17.3 Å². The lowest BCUT2D eigenvalue weighted by Gasteiger charge is -2.28. The molecular weight excluding hydrogens is 400 g/mol. The number of pyridine rings is 1. The summed E-state index contributed by atoms with van der Waals surface area (Å²) in [5.41, 5.74) is 3.03. The number of methoxy groups -OCH3 is 1. The monoisotopic (exact) mass is 418 g/mol. The van der Waals surface area contributed by atoms with Crippen molar-refractivity contribution in [2.75, 3.05) is 13.7 Å². The van der Waals surface area contributed by atoms with Crippen molar-refractivity contribution in [1.82, 2.24) is 4.98 Å². The van der Waals surface area contributed by atoms with Crippen molar-refractivity contribution >= 4 is 27.5 Å². The highest BCUT2D eigenvalue weighted by atomic mass is 79.9. The highest BCUT2D eigenvalue weighted by Gasteiger charge is 2.25. The molecule has 5 heteroatoms. The van der Waals surface area contributed by atoms with Crippen LogP contribution in [-0.2, 0) is 4.74 Å². The van der Waals surface area contributed by atoms with Gasteiger partial charge in [0, 0.05) is 35.4 Å². The summed E-state index contributed by atoms with van der Waals surface area (Å²) in [7, 11) is 1.76. The highest BCUT2D eigenvalue weighted by molar-refractivity contribution is 9.10. The van der Waals surface area contributed by atoms with E-state index >= 15 is 0 Å². The molecule has 1 aromatic heterocycles. The van der Waals surface area contributed by atoms with Crippen LogP contribution in [0.4, 0.5) is 0 Å². The Labute approximate surface area is 162 Å². The Kier molecular flexibility index (Phi) is 6.11. The van der Waals surface area contributed by atoms with Crippen molar-refractivity contribution in [2.45, 2.75) is 31.6 Å². The second kappa shape index (κ2) is 8.31. The highest BCUT2D eigenvalue weighted by Crippen LogP contribution is 2.38. The molecule has 25 heavy (non-hydrogen) atoms. The van der Waals surface area contributed by atoms with Crippen LogP contribution in [0.2, 0.25) is 5.02 Å². The van der Waals surface area contributed by atoms with Crippen molar-refractivity contribution in [3.05, 3.63) is 51.1 Å². The van der Waals surface area contributed by atoms with E-state index in [-0.39, 0.29) is 0 Å². The fourth-order valence-corrected chi connectivity index (χ4v) is 4.03. The maximum atomic E-state index is 9.51. The topological polar surface area (TPSA) is 45.9 Å². The van der Waals surface area contributed by atoms with E-state index in [1.54, 1.807) is 7.11 Å². The number of ether oxygens (including phenoxy) is 1. The third-order valence-electron chi connectivity index (χ3n) is 4.89. The summed E-state index contributed by atoms with van der Waals surface area (Å²) < 4.78 is 6.28. The number of hydrogen-bond acceptors (Lipinski definition) is 3. The summed E-state index contributed by atoms with van der Waals surface area (Å²) in [5, 5.41) is 10.0. The molecule has 0 amide bonds. The van der Waals surface area contributed by atoms with Crippen LogP contribution in [0.25, 0.3) is 11.3 Å². The van der Waals surface area contributed by atoms with Gasteiger partial charge in [0.15, 0.2) is 0 Å². The smallest absolute Gasteiger partial charge is 0.103 e. The Bertz CT molecular complexity index is 778. The van der Waals surface area contributed by atoms with E-state index in [1.165, 1.54) is 0 Å². The minimum atomic E-state index is 0.396. The standard InChI is InChI=1S/C20H20BrClN2O/c1-25-12-13-2-4-14(5-3-13)19-10-18(22)17(11-23)20(24-19)15-6-8-16(21)9-7-15/h6-10,13-14H,2-5,12H2,1H3. The zero-order valence-electron chi connectivity index (χ0n) is 14.1. The first kappa shape index (κ1) is 18.4. The molecule has 0 atom stereocenters. The first-order chi connectivity index (χ1) is 12.1. The van der Waals surface area contributed by atoms with E-state index in [9.17, 15) is 5.26 Å². The molecule has 0 spiro atoms. The molecule has 1 aliphatic rings. The van der Waals surface area contributed by atoms with E-state index in [4.69, 9.17) is 21.3 Å². The van der Waals surface area contributed by atoms with Crippen LogP contribution in [0.1, 0.15) is 42.9 Å². The van der Waals surface area contributed by atoms with E-state index < -0.39 is 0 Å². The Morgan fingerprint density at radius 2 is 1.92 bits per heavy atom. The summed E-state index contributed by atoms with van der Waals surface area (Å²) >= 11 is 9.86. The third-order valence-corrected chi connectivity index (χ3v) is 5.71. The van der Waals surface area contributed by atoms with E-state index in [2.05, 4.69) is 22.0 Å². The summed E-state index contributed by atoms with van der Waals surface area (Å²) in [5.74, 6) is 1.04. The van der Waals surface area contributed by atoms with Gasteiger partial charge in [-0.1, -0.05) is 39.7 Å². The van der Waals surface area contributed by atoms with Crippen molar-refractivity contribution < 1.29 is 4.74 Å². The average molecular weight is 420 g/mol. The van der Waals surface area contributed by atoms with Crippen molar-refractivity contribution in [3.63, 3.8) is 0 Å². The van der Waals surface area contributed by atoms with Crippen LogP contribution in [0.5, 0.6) is 0 Å². The molecule has 130 valence electrons. The van der Waals surface area contributed by atoms with Crippen LogP contribution in [-0.4, -0.2) is 18.7 Å². The lowest BCUT2D eigenvalue weighted by molar-refractivity contribution is 0.127. The average Bonchev–Trinajstić information content (AvgIpc) is 2.62. The van der Waals surface area contributed by atoms with Gasteiger partial charge in [0.2, 0.25) is 0 Å². The fourth-order valence-electron chi connectivity index (χ4n) is 3.53. The number of aromatic nitrogens is 1. The summed E-state index contributed by atoms with van der Waals surface area (Å²) in [6, 6.07) is 11.9. The van der Waals surface area contributed by atoms with Gasteiger partial charge in [0.05, 0.1) is 16.3 Å². The van der Waals surface area contributed by atoms with Crippen LogP contribution in [0, 0.1) is 17.2 Å². The first-order valence-corrected chi connectivity index (χ1v) is 9.65. The van der Waals surface area contributed by atoms with E-state index in [0.29, 0.717) is 28.1 Å². The van der Waals surface area contributed by atoms with Gasteiger partial charge in [-0.25, -0.2) is 0 Å². The van der Waals surface area contributed by atoms with Gasteiger partial charge in [0.1, 0.15) is 6.07 Å². The van der Waals surface area contributed by atoms with Gasteiger partial charge >= 0.3 is 0 Å². The Hall–Kier alpha value is -1.41. The maximum absolute atomic E-state index is 9.51. The normalized spacial score (nSPS) is 20.2.